The summed E-state index contributed by atoms with van der Waals surface area (Å²) in [5, 5.41) is 4.80. The first-order valence-electron chi connectivity index (χ1n) is 10.8. The second-order valence-electron chi connectivity index (χ2n) is 7.86. The number of halogens is 1. The Morgan fingerprint density at radius 1 is 1.03 bits per heavy atom. The van der Waals surface area contributed by atoms with Gasteiger partial charge in [-0.05, 0) is 60.5 Å². The van der Waals surface area contributed by atoms with Crippen molar-refractivity contribution in [3.8, 4) is 5.75 Å². The molecule has 1 aliphatic rings. The van der Waals surface area contributed by atoms with E-state index in [9.17, 15) is 16.8 Å². The minimum absolute atomic E-state index is 0.0259. The molecule has 0 amide bonds. The summed E-state index contributed by atoms with van der Waals surface area (Å²) < 4.78 is 60.1. The summed E-state index contributed by atoms with van der Waals surface area (Å²) in [5.74, 6) is 0.580. The lowest BCUT2D eigenvalue weighted by molar-refractivity contribution is 0.370. The SMILES string of the molecule is CCS(=O)(=O)Nc1cccc(C2=NN(S(=O)(=O)c3cccc(Cl)c3)[C@@H](c3ccc(OC)cc3)C2)c1. The number of hydrogen-bond acceptors (Lipinski definition) is 6. The van der Waals surface area contributed by atoms with E-state index < -0.39 is 26.1 Å². The van der Waals surface area contributed by atoms with Gasteiger partial charge in [0.25, 0.3) is 10.0 Å². The molecule has 0 saturated heterocycles. The predicted molar refractivity (Wildman–Crippen MR) is 137 cm³/mol. The van der Waals surface area contributed by atoms with Gasteiger partial charge in [0, 0.05) is 17.1 Å². The van der Waals surface area contributed by atoms with Gasteiger partial charge in [0.1, 0.15) is 5.75 Å². The van der Waals surface area contributed by atoms with Crippen molar-refractivity contribution in [2.45, 2.75) is 24.3 Å². The zero-order valence-electron chi connectivity index (χ0n) is 19.0. The maximum absolute atomic E-state index is 13.6. The molecule has 1 aliphatic heterocycles. The molecule has 8 nitrogen and oxygen atoms in total. The number of hydrazone groups is 1. The van der Waals surface area contributed by atoms with E-state index in [-0.39, 0.29) is 17.1 Å². The topological polar surface area (TPSA) is 105 Å². The third-order valence-electron chi connectivity index (χ3n) is 5.56. The number of sulfonamides is 2. The van der Waals surface area contributed by atoms with E-state index >= 15 is 0 Å². The van der Waals surface area contributed by atoms with Gasteiger partial charge in [-0.25, -0.2) is 8.42 Å². The average molecular weight is 534 g/mol. The molecule has 0 bridgehead atoms. The third-order valence-corrected chi connectivity index (χ3v) is 8.78. The van der Waals surface area contributed by atoms with E-state index in [1.165, 1.54) is 12.1 Å². The van der Waals surface area contributed by atoms with Crippen molar-refractivity contribution in [1.29, 1.82) is 0 Å². The van der Waals surface area contributed by atoms with Crippen LogP contribution in [0.25, 0.3) is 0 Å². The third kappa shape index (κ3) is 5.44. The fourth-order valence-electron chi connectivity index (χ4n) is 3.71. The minimum Gasteiger partial charge on any atom is -0.497 e. The maximum Gasteiger partial charge on any atom is 0.279 e. The first kappa shape index (κ1) is 25.0. The van der Waals surface area contributed by atoms with E-state index in [2.05, 4.69) is 9.82 Å². The van der Waals surface area contributed by atoms with Gasteiger partial charge < -0.3 is 4.74 Å². The van der Waals surface area contributed by atoms with Crippen molar-refractivity contribution in [3.05, 3.63) is 88.9 Å². The Morgan fingerprint density at radius 3 is 2.40 bits per heavy atom. The van der Waals surface area contributed by atoms with Crippen LogP contribution in [0.1, 0.15) is 30.5 Å². The normalized spacial score (nSPS) is 16.1. The summed E-state index contributed by atoms with van der Waals surface area (Å²) in [6.45, 7) is 1.55. The Bertz CT molecular complexity index is 1470. The molecule has 3 aromatic rings. The van der Waals surface area contributed by atoms with Crippen molar-refractivity contribution in [3.63, 3.8) is 0 Å². The number of rotatable bonds is 8. The van der Waals surface area contributed by atoms with E-state index in [0.717, 1.165) is 9.98 Å². The first-order chi connectivity index (χ1) is 16.6. The van der Waals surface area contributed by atoms with Crippen LogP contribution in [0.2, 0.25) is 5.02 Å². The summed E-state index contributed by atoms with van der Waals surface area (Å²) in [6, 6.07) is 19.3. The van der Waals surface area contributed by atoms with Crippen molar-refractivity contribution in [1.82, 2.24) is 4.41 Å². The molecular weight excluding hydrogens is 510 g/mol. The molecule has 11 heteroatoms. The number of ether oxygens (including phenoxy) is 1. The van der Waals surface area contributed by atoms with Gasteiger partial charge in [0.05, 0.1) is 29.5 Å². The van der Waals surface area contributed by atoms with Crippen LogP contribution in [0.5, 0.6) is 5.75 Å². The van der Waals surface area contributed by atoms with Crippen LogP contribution in [0, 0.1) is 0 Å². The van der Waals surface area contributed by atoms with Gasteiger partial charge in [0.15, 0.2) is 0 Å². The molecule has 35 heavy (non-hydrogen) atoms. The summed E-state index contributed by atoms with van der Waals surface area (Å²) in [4.78, 5) is 0.0259. The van der Waals surface area contributed by atoms with Crippen LogP contribution in [0.4, 0.5) is 5.69 Å². The van der Waals surface area contributed by atoms with Crippen LogP contribution in [-0.2, 0) is 20.0 Å². The molecule has 0 unspecified atom stereocenters. The monoisotopic (exact) mass is 533 g/mol. The van der Waals surface area contributed by atoms with Crippen LogP contribution in [-0.4, -0.2) is 39.8 Å². The molecule has 0 saturated carbocycles. The Kier molecular flexibility index (Phi) is 7.07. The minimum atomic E-state index is -4.04. The number of methoxy groups -OCH3 is 1. The maximum atomic E-state index is 13.6. The molecule has 4 rings (SSSR count). The van der Waals surface area contributed by atoms with Gasteiger partial charge in [-0.1, -0.05) is 41.9 Å². The van der Waals surface area contributed by atoms with Crippen molar-refractivity contribution >= 4 is 43.0 Å². The average Bonchev–Trinajstić information content (AvgIpc) is 3.31. The van der Waals surface area contributed by atoms with Crippen LogP contribution in [0.15, 0.2) is 82.8 Å². The van der Waals surface area contributed by atoms with Crippen LogP contribution in [0.3, 0.4) is 0 Å². The molecule has 0 fully saturated rings. The molecule has 0 aromatic heterocycles. The quantitative estimate of drug-likeness (QED) is 0.453. The van der Waals surface area contributed by atoms with Gasteiger partial charge in [-0.3, -0.25) is 4.72 Å². The molecule has 0 spiro atoms. The van der Waals surface area contributed by atoms with Gasteiger partial charge in [-0.2, -0.15) is 17.9 Å². The Balaban J connectivity index is 1.77. The first-order valence-corrected chi connectivity index (χ1v) is 14.2. The lowest BCUT2D eigenvalue weighted by Crippen LogP contribution is -2.27. The zero-order chi connectivity index (χ0) is 25.2. The number of nitrogens with one attached hydrogen (secondary N) is 1. The fraction of sp³-hybridized carbons (Fsp3) is 0.208. The Morgan fingerprint density at radius 2 is 1.74 bits per heavy atom. The van der Waals surface area contributed by atoms with Crippen molar-refractivity contribution in [2.75, 3.05) is 17.6 Å². The van der Waals surface area contributed by atoms with Gasteiger partial charge in [-0.15, -0.1) is 0 Å². The van der Waals surface area contributed by atoms with Crippen LogP contribution < -0.4 is 9.46 Å². The molecule has 3 aromatic carbocycles. The highest BCUT2D eigenvalue weighted by atomic mass is 35.5. The summed E-state index contributed by atoms with van der Waals surface area (Å²) in [6.07, 6.45) is 0.288. The Labute approximate surface area is 210 Å². The molecule has 1 heterocycles. The molecular formula is C24H24ClN3O5S2. The van der Waals surface area contributed by atoms with Gasteiger partial charge in [0.2, 0.25) is 10.0 Å². The van der Waals surface area contributed by atoms with Crippen molar-refractivity contribution < 1.29 is 21.6 Å². The fourth-order valence-corrected chi connectivity index (χ4v) is 6.07. The highest BCUT2D eigenvalue weighted by Gasteiger charge is 2.38. The summed E-state index contributed by atoms with van der Waals surface area (Å²) in [5.41, 5.74) is 2.24. The van der Waals surface area contributed by atoms with Crippen LogP contribution >= 0.6 is 11.6 Å². The van der Waals surface area contributed by atoms with E-state index in [4.69, 9.17) is 16.3 Å². The Hall–Kier alpha value is -3.08. The summed E-state index contributed by atoms with van der Waals surface area (Å²) >= 11 is 6.06. The number of benzene rings is 3. The second-order valence-corrected chi connectivity index (χ2v) is 12.1. The van der Waals surface area contributed by atoms with E-state index in [0.29, 0.717) is 27.7 Å². The number of nitrogens with zero attached hydrogens (tertiary/aromatic N) is 2. The van der Waals surface area contributed by atoms with Gasteiger partial charge >= 0.3 is 0 Å². The number of anilines is 1. The molecule has 0 radical (unpaired) electrons. The standard InChI is InChI=1S/C24H24ClN3O5S2/c1-3-34(29,30)27-20-8-4-6-18(14-20)23-16-24(17-10-12-21(33-2)13-11-17)28(26-23)35(31,32)22-9-5-7-19(25)15-22/h4-15,24,27H,3,16H2,1-2H3/t24-/m1/s1. The van der Waals surface area contributed by atoms with E-state index in [1.807, 2.05) is 0 Å². The zero-order valence-corrected chi connectivity index (χ0v) is 21.4. The van der Waals surface area contributed by atoms with Crippen molar-refractivity contribution in [2.24, 2.45) is 5.10 Å². The summed E-state index contributed by atoms with van der Waals surface area (Å²) in [7, 11) is -5.95. The predicted octanol–water partition coefficient (Wildman–Crippen LogP) is 4.65. The second kappa shape index (κ2) is 9.88. The molecule has 0 aliphatic carbocycles. The smallest absolute Gasteiger partial charge is 0.279 e. The molecule has 184 valence electrons. The highest BCUT2D eigenvalue weighted by molar-refractivity contribution is 7.92. The number of hydrogen-bond donors (Lipinski definition) is 1. The largest absolute Gasteiger partial charge is 0.497 e. The lowest BCUT2D eigenvalue weighted by Gasteiger charge is -2.23. The lowest BCUT2D eigenvalue weighted by atomic mass is 9.99. The molecule has 1 atom stereocenters. The van der Waals surface area contributed by atoms with E-state index in [1.54, 1.807) is 74.7 Å². The highest BCUT2D eigenvalue weighted by Crippen LogP contribution is 2.38. The molecule has 1 N–H and O–H groups in total.